The summed E-state index contributed by atoms with van der Waals surface area (Å²) in [5.41, 5.74) is 4.10. The standard InChI is InChI=1S/C10H17N3/c1-7(2)4-10-8-5-11-6-9(8)12-13(10)3/h7,11H,4-6H2,1-3H3. The summed E-state index contributed by atoms with van der Waals surface area (Å²) in [6.07, 6.45) is 1.14. The molecule has 3 heteroatoms. The van der Waals surface area contributed by atoms with Gasteiger partial charge in [0.2, 0.25) is 0 Å². The first-order chi connectivity index (χ1) is 6.18. The molecule has 0 saturated heterocycles. The van der Waals surface area contributed by atoms with Gasteiger partial charge < -0.3 is 5.32 Å². The Morgan fingerprint density at radius 2 is 2.23 bits per heavy atom. The van der Waals surface area contributed by atoms with Crippen LogP contribution in [0.25, 0.3) is 0 Å². The van der Waals surface area contributed by atoms with Crippen molar-refractivity contribution >= 4 is 0 Å². The summed E-state index contributed by atoms with van der Waals surface area (Å²) in [4.78, 5) is 0. The maximum absolute atomic E-state index is 4.50. The van der Waals surface area contributed by atoms with Crippen molar-refractivity contribution in [3.8, 4) is 0 Å². The van der Waals surface area contributed by atoms with Gasteiger partial charge in [0.15, 0.2) is 0 Å². The number of nitrogens with zero attached hydrogens (tertiary/aromatic N) is 2. The SMILES string of the molecule is CC(C)Cc1c2c(nn1C)CNC2. The van der Waals surface area contributed by atoms with Crippen molar-refractivity contribution < 1.29 is 0 Å². The number of rotatable bonds is 2. The predicted octanol–water partition coefficient (Wildman–Crippen LogP) is 1.22. The van der Waals surface area contributed by atoms with Crippen LogP contribution in [0.2, 0.25) is 0 Å². The molecule has 1 aliphatic heterocycles. The molecule has 1 aromatic heterocycles. The van der Waals surface area contributed by atoms with Crippen molar-refractivity contribution in [2.24, 2.45) is 13.0 Å². The van der Waals surface area contributed by atoms with E-state index >= 15 is 0 Å². The monoisotopic (exact) mass is 179 g/mol. The van der Waals surface area contributed by atoms with Crippen molar-refractivity contribution in [3.63, 3.8) is 0 Å². The molecule has 1 aliphatic rings. The Labute approximate surface area is 79.1 Å². The summed E-state index contributed by atoms with van der Waals surface area (Å²) in [5.74, 6) is 0.708. The second kappa shape index (κ2) is 3.14. The van der Waals surface area contributed by atoms with Gasteiger partial charge in [-0.3, -0.25) is 4.68 Å². The van der Waals surface area contributed by atoms with Crippen LogP contribution in [-0.4, -0.2) is 9.78 Å². The zero-order chi connectivity index (χ0) is 9.42. The molecule has 3 nitrogen and oxygen atoms in total. The summed E-state index contributed by atoms with van der Waals surface area (Å²) in [5, 5.41) is 7.83. The molecule has 0 aromatic carbocycles. The minimum atomic E-state index is 0.708. The summed E-state index contributed by atoms with van der Waals surface area (Å²) >= 11 is 0. The quantitative estimate of drug-likeness (QED) is 0.740. The average molecular weight is 179 g/mol. The van der Waals surface area contributed by atoms with Crippen molar-refractivity contribution in [1.82, 2.24) is 15.1 Å². The molecule has 0 aliphatic carbocycles. The van der Waals surface area contributed by atoms with E-state index in [-0.39, 0.29) is 0 Å². The molecule has 1 aromatic rings. The largest absolute Gasteiger partial charge is 0.307 e. The van der Waals surface area contributed by atoms with Crippen LogP contribution in [0, 0.1) is 5.92 Å². The Balaban J connectivity index is 2.33. The van der Waals surface area contributed by atoms with Gasteiger partial charge in [0, 0.05) is 31.4 Å². The van der Waals surface area contributed by atoms with Crippen molar-refractivity contribution in [1.29, 1.82) is 0 Å². The van der Waals surface area contributed by atoms with Crippen LogP contribution in [0.3, 0.4) is 0 Å². The molecule has 0 unspecified atom stereocenters. The molecule has 0 atom stereocenters. The minimum Gasteiger partial charge on any atom is -0.307 e. The van der Waals surface area contributed by atoms with E-state index in [0.717, 1.165) is 19.5 Å². The van der Waals surface area contributed by atoms with E-state index < -0.39 is 0 Å². The predicted molar refractivity (Wildman–Crippen MR) is 52.3 cm³/mol. The number of hydrogen-bond acceptors (Lipinski definition) is 2. The number of fused-ring (bicyclic) bond motifs is 1. The first-order valence-corrected chi connectivity index (χ1v) is 4.93. The Bertz CT molecular complexity index is 312. The second-order valence-corrected chi connectivity index (χ2v) is 4.20. The Kier molecular flexibility index (Phi) is 2.12. The normalized spacial score (nSPS) is 15.4. The van der Waals surface area contributed by atoms with E-state index in [1.807, 2.05) is 4.68 Å². The second-order valence-electron chi connectivity index (χ2n) is 4.20. The van der Waals surface area contributed by atoms with Crippen molar-refractivity contribution in [2.75, 3.05) is 0 Å². The molecule has 0 spiro atoms. The lowest BCUT2D eigenvalue weighted by Crippen LogP contribution is -2.09. The van der Waals surface area contributed by atoms with Crippen LogP contribution < -0.4 is 5.32 Å². The highest BCUT2D eigenvalue weighted by atomic mass is 15.3. The Morgan fingerprint density at radius 3 is 2.92 bits per heavy atom. The van der Waals surface area contributed by atoms with Crippen LogP contribution in [0.15, 0.2) is 0 Å². The zero-order valence-electron chi connectivity index (χ0n) is 8.59. The molecule has 1 N–H and O–H groups in total. The van der Waals surface area contributed by atoms with Gasteiger partial charge in [0.05, 0.1) is 5.69 Å². The molecule has 0 radical (unpaired) electrons. The lowest BCUT2D eigenvalue weighted by atomic mass is 10.0. The molecule has 13 heavy (non-hydrogen) atoms. The number of aromatic nitrogens is 2. The maximum Gasteiger partial charge on any atom is 0.0810 e. The van der Waals surface area contributed by atoms with E-state index in [9.17, 15) is 0 Å². The summed E-state index contributed by atoms with van der Waals surface area (Å²) in [6.45, 7) is 6.45. The van der Waals surface area contributed by atoms with Crippen LogP contribution in [0.1, 0.15) is 30.8 Å². The molecular weight excluding hydrogens is 162 g/mol. The van der Waals surface area contributed by atoms with Gasteiger partial charge in [0.1, 0.15) is 0 Å². The highest BCUT2D eigenvalue weighted by molar-refractivity contribution is 5.29. The van der Waals surface area contributed by atoms with Crippen LogP contribution in [-0.2, 0) is 26.6 Å². The van der Waals surface area contributed by atoms with Gasteiger partial charge >= 0.3 is 0 Å². The topological polar surface area (TPSA) is 29.9 Å². The van der Waals surface area contributed by atoms with Gasteiger partial charge in [-0.2, -0.15) is 5.10 Å². The van der Waals surface area contributed by atoms with Crippen molar-refractivity contribution in [2.45, 2.75) is 33.4 Å². The third-order valence-corrected chi connectivity index (χ3v) is 2.55. The van der Waals surface area contributed by atoms with Crippen molar-refractivity contribution in [3.05, 3.63) is 17.0 Å². The zero-order valence-corrected chi connectivity index (χ0v) is 8.59. The number of hydrogen-bond donors (Lipinski definition) is 1. The highest BCUT2D eigenvalue weighted by Gasteiger charge is 2.20. The fraction of sp³-hybridized carbons (Fsp3) is 0.700. The van der Waals surface area contributed by atoms with Gasteiger partial charge in [-0.05, 0) is 12.3 Å². The fourth-order valence-corrected chi connectivity index (χ4v) is 1.96. The fourth-order valence-electron chi connectivity index (χ4n) is 1.96. The summed E-state index contributed by atoms with van der Waals surface area (Å²) < 4.78 is 2.05. The molecule has 0 bridgehead atoms. The molecule has 2 heterocycles. The van der Waals surface area contributed by atoms with Crippen LogP contribution in [0.5, 0.6) is 0 Å². The van der Waals surface area contributed by atoms with Gasteiger partial charge in [-0.15, -0.1) is 0 Å². The smallest absolute Gasteiger partial charge is 0.0810 e. The van der Waals surface area contributed by atoms with E-state index in [1.165, 1.54) is 17.0 Å². The Hall–Kier alpha value is -0.830. The third-order valence-electron chi connectivity index (χ3n) is 2.55. The molecule has 2 rings (SSSR count). The average Bonchev–Trinajstić information content (AvgIpc) is 2.55. The number of aryl methyl sites for hydroxylation is 1. The van der Waals surface area contributed by atoms with Gasteiger partial charge in [-0.25, -0.2) is 0 Å². The number of nitrogens with one attached hydrogen (secondary N) is 1. The lowest BCUT2D eigenvalue weighted by Gasteiger charge is -2.07. The summed E-state index contributed by atoms with van der Waals surface area (Å²) in [6, 6.07) is 0. The maximum atomic E-state index is 4.50. The third kappa shape index (κ3) is 1.48. The van der Waals surface area contributed by atoms with E-state index in [4.69, 9.17) is 0 Å². The van der Waals surface area contributed by atoms with Crippen LogP contribution in [0.4, 0.5) is 0 Å². The summed E-state index contributed by atoms with van der Waals surface area (Å²) in [7, 11) is 2.05. The first kappa shape index (κ1) is 8.75. The molecule has 0 amide bonds. The highest BCUT2D eigenvalue weighted by Crippen LogP contribution is 2.20. The molecular formula is C10H17N3. The molecule has 72 valence electrons. The van der Waals surface area contributed by atoms with Gasteiger partial charge in [-0.1, -0.05) is 13.8 Å². The Morgan fingerprint density at radius 1 is 1.46 bits per heavy atom. The van der Waals surface area contributed by atoms with E-state index in [1.54, 1.807) is 0 Å². The van der Waals surface area contributed by atoms with Crippen LogP contribution >= 0.6 is 0 Å². The van der Waals surface area contributed by atoms with E-state index in [2.05, 4.69) is 31.3 Å². The molecule has 0 fully saturated rings. The lowest BCUT2D eigenvalue weighted by molar-refractivity contribution is 0.580. The molecule has 0 saturated carbocycles. The van der Waals surface area contributed by atoms with E-state index in [0.29, 0.717) is 5.92 Å². The van der Waals surface area contributed by atoms with Gasteiger partial charge in [0.25, 0.3) is 0 Å². The first-order valence-electron chi connectivity index (χ1n) is 4.93. The minimum absolute atomic E-state index is 0.708.